The summed E-state index contributed by atoms with van der Waals surface area (Å²) in [4.78, 5) is 11.4. The number of alkyl halides is 5. The Labute approximate surface area is 164 Å². The standard InChI is InChI=1S/C18H19F5O5S/c1-27-16(24)13-9-7-12(8-10-13)11-14-5-3-2-4-6-15(17(14,19)20)28-29(25,26)18(21,22)23/h6-10,14H,2-5,11H2,1H3/b15-6+. The van der Waals surface area contributed by atoms with Crippen molar-refractivity contribution in [1.29, 1.82) is 0 Å². The third-order valence-electron chi connectivity index (χ3n) is 4.52. The van der Waals surface area contributed by atoms with Gasteiger partial charge in [0.25, 0.3) is 0 Å². The Balaban J connectivity index is 2.28. The van der Waals surface area contributed by atoms with Crippen LogP contribution < -0.4 is 0 Å². The molecule has 0 fully saturated rings. The minimum Gasteiger partial charge on any atom is -0.465 e. The van der Waals surface area contributed by atoms with Crippen molar-refractivity contribution in [2.24, 2.45) is 5.92 Å². The van der Waals surface area contributed by atoms with E-state index in [1.807, 2.05) is 0 Å². The van der Waals surface area contributed by atoms with Crippen molar-refractivity contribution in [3.63, 3.8) is 0 Å². The van der Waals surface area contributed by atoms with Crippen LogP contribution in [0.1, 0.15) is 41.6 Å². The molecule has 1 aliphatic carbocycles. The third kappa shape index (κ3) is 5.46. The number of carbonyl (C=O) groups excluding carboxylic acids is 1. The lowest BCUT2D eigenvalue weighted by atomic mass is 9.85. The van der Waals surface area contributed by atoms with Gasteiger partial charge in [0.1, 0.15) is 0 Å². The molecule has 5 nitrogen and oxygen atoms in total. The summed E-state index contributed by atoms with van der Waals surface area (Å²) >= 11 is 0. The van der Waals surface area contributed by atoms with Crippen molar-refractivity contribution < 1.29 is 44.1 Å². The Hall–Kier alpha value is -2.17. The van der Waals surface area contributed by atoms with Crippen molar-refractivity contribution in [3.8, 4) is 0 Å². The van der Waals surface area contributed by atoms with Gasteiger partial charge in [-0.1, -0.05) is 18.6 Å². The molecule has 0 amide bonds. The Bertz CT molecular complexity index is 860. The Morgan fingerprint density at radius 3 is 2.34 bits per heavy atom. The largest absolute Gasteiger partial charge is 0.534 e. The zero-order chi connectivity index (χ0) is 21.9. The number of carbonyl (C=O) groups is 1. The summed E-state index contributed by atoms with van der Waals surface area (Å²) in [6.07, 6.45) is 1.16. The number of ether oxygens (including phenoxy) is 1. The fraction of sp³-hybridized carbons (Fsp3) is 0.500. The van der Waals surface area contributed by atoms with Gasteiger partial charge in [0.2, 0.25) is 0 Å². The second-order valence-electron chi connectivity index (χ2n) is 6.55. The molecule has 0 bridgehead atoms. The molecule has 0 heterocycles. The number of benzene rings is 1. The van der Waals surface area contributed by atoms with Crippen LogP contribution in [-0.2, 0) is 25.5 Å². The maximum Gasteiger partial charge on any atom is 0.534 e. The van der Waals surface area contributed by atoms with Crippen molar-refractivity contribution in [3.05, 3.63) is 47.2 Å². The Kier molecular flexibility index (Phi) is 6.92. The average molecular weight is 442 g/mol. The number of halogens is 5. The first-order chi connectivity index (χ1) is 13.4. The van der Waals surface area contributed by atoms with Crippen LogP contribution in [-0.4, -0.2) is 32.9 Å². The summed E-state index contributed by atoms with van der Waals surface area (Å²) in [5.41, 5.74) is -5.20. The van der Waals surface area contributed by atoms with E-state index in [1.165, 1.54) is 31.4 Å². The highest BCUT2D eigenvalue weighted by atomic mass is 32.2. The van der Waals surface area contributed by atoms with Crippen LogP contribution in [0, 0.1) is 5.92 Å². The molecule has 29 heavy (non-hydrogen) atoms. The van der Waals surface area contributed by atoms with Crippen molar-refractivity contribution in [1.82, 2.24) is 0 Å². The Morgan fingerprint density at radius 2 is 1.79 bits per heavy atom. The first-order valence-electron chi connectivity index (χ1n) is 8.65. The first kappa shape index (κ1) is 23.1. The molecule has 0 radical (unpaired) electrons. The molecule has 0 aromatic heterocycles. The van der Waals surface area contributed by atoms with Crippen LogP contribution in [0.25, 0.3) is 0 Å². The van der Waals surface area contributed by atoms with Crippen LogP contribution in [0.3, 0.4) is 0 Å². The highest BCUT2D eigenvalue weighted by molar-refractivity contribution is 7.87. The summed E-state index contributed by atoms with van der Waals surface area (Å²) < 4.78 is 98.5. The topological polar surface area (TPSA) is 69.7 Å². The number of hydrogen-bond donors (Lipinski definition) is 0. The van der Waals surface area contributed by atoms with Gasteiger partial charge in [0, 0.05) is 5.92 Å². The summed E-state index contributed by atoms with van der Waals surface area (Å²) in [6.45, 7) is 0. The van der Waals surface area contributed by atoms with Gasteiger partial charge in [-0.2, -0.15) is 30.4 Å². The quantitative estimate of drug-likeness (QED) is 0.289. The van der Waals surface area contributed by atoms with Gasteiger partial charge in [-0.3, -0.25) is 0 Å². The van der Waals surface area contributed by atoms with Gasteiger partial charge < -0.3 is 8.92 Å². The molecule has 0 saturated heterocycles. The van der Waals surface area contributed by atoms with Crippen LogP contribution in [0.4, 0.5) is 22.0 Å². The molecular formula is C18H19F5O5S. The van der Waals surface area contributed by atoms with E-state index in [-0.39, 0.29) is 24.8 Å². The molecule has 1 aromatic carbocycles. The van der Waals surface area contributed by atoms with E-state index in [1.54, 1.807) is 0 Å². The molecule has 1 aliphatic rings. The molecule has 2 rings (SSSR count). The van der Waals surface area contributed by atoms with E-state index >= 15 is 0 Å². The second kappa shape index (κ2) is 8.68. The van der Waals surface area contributed by atoms with Crippen molar-refractivity contribution in [2.75, 3.05) is 7.11 Å². The summed E-state index contributed by atoms with van der Waals surface area (Å²) in [5.74, 6) is -7.53. The van der Waals surface area contributed by atoms with Gasteiger partial charge in [-0.25, -0.2) is 4.79 Å². The van der Waals surface area contributed by atoms with Gasteiger partial charge in [0.05, 0.1) is 12.7 Å². The highest BCUT2D eigenvalue weighted by Crippen LogP contribution is 2.42. The molecule has 0 N–H and O–H groups in total. The highest BCUT2D eigenvalue weighted by Gasteiger charge is 2.53. The van der Waals surface area contributed by atoms with E-state index < -0.39 is 39.2 Å². The van der Waals surface area contributed by atoms with Crippen LogP contribution in [0.2, 0.25) is 0 Å². The molecule has 0 saturated carbocycles. The summed E-state index contributed by atoms with van der Waals surface area (Å²) in [6, 6.07) is 5.61. The van der Waals surface area contributed by atoms with E-state index in [4.69, 9.17) is 0 Å². The Morgan fingerprint density at radius 1 is 1.17 bits per heavy atom. The zero-order valence-corrected chi connectivity index (χ0v) is 16.2. The SMILES string of the molecule is COC(=O)c1ccc(CC2CCCC/C=C(/OS(=O)(=O)C(F)(F)F)C2(F)F)cc1. The van der Waals surface area contributed by atoms with E-state index in [0.717, 1.165) is 0 Å². The lowest BCUT2D eigenvalue weighted by molar-refractivity contribution is -0.0719. The van der Waals surface area contributed by atoms with E-state index in [9.17, 15) is 35.2 Å². The van der Waals surface area contributed by atoms with Crippen LogP contribution in [0.5, 0.6) is 0 Å². The molecule has 1 atom stereocenters. The fourth-order valence-electron chi connectivity index (χ4n) is 2.95. The zero-order valence-electron chi connectivity index (χ0n) is 15.3. The lowest BCUT2D eigenvalue weighted by Crippen LogP contribution is -2.37. The molecule has 0 aliphatic heterocycles. The maximum absolute atomic E-state index is 14.9. The van der Waals surface area contributed by atoms with Crippen molar-refractivity contribution >= 4 is 16.1 Å². The molecule has 162 valence electrons. The minimum absolute atomic E-state index is 0.0289. The van der Waals surface area contributed by atoms with E-state index in [0.29, 0.717) is 24.5 Å². The lowest BCUT2D eigenvalue weighted by Gasteiger charge is -2.30. The fourth-order valence-corrected chi connectivity index (χ4v) is 3.46. The van der Waals surface area contributed by atoms with Crippen LogP contribution >= 0.6 is 0 Å². The molecule has 1 aromatic rings. The summed E-state index contributed by atoms with van der Waals surface area (Å²) in [7, 11) is -5.02. The summed E-state index contributed by atoms with van der Waals surface area (Å²) in [5, 5.41) is 0. The van der Waals surface area contributed by atoms with Crippen LogP contribution in [0.15, 0.2) is 36.1 Å². The maximum atomic E-state index is 14.9. The second-order valence-corrected chi connectivity index (χ2v) is 8.09. The molecule has 11 heteroatoms. The number of esters is 1. The predicted octanol–water partition coefficient (Wildman–Crippen LogP) is 4.59. The minimum atomic E-state index is -6.21. The van der Waals surface area contributed by atoms with Gasteiger partial charge in [-0.05, 0) is 49.5 Å². The molecular weight excluding hydrogens is 423 g/mol. The monoisotopic (exact) mass is 442 g/mol. The van der Waals surface area contributed by atoms with E-state index in [2.05, 4.69) is 8.92 Å². The molecule has 1 unspecified atom stereocenters. The normalized spacial score (nSPS) is 22.0. The molecule has 0 spiro atoms. The average Bonchev–Trinajstić information content (AvgIpc) is 2.63. The number of methoxy groups -OCH3 is 1. The van der Waals surface area contributed by atoms with Gasteiger partial charge >= 0.3 is 27.5 Å². The van der Waals surface area contributed by atoms with Gasteiger partial charge in [0.15, 0.2) is 5.76 Å². The third-order valence-corrected chi connectivity index (χ3v) is 5.48. The number of hydrogen-bond acceptors (Lipinski definition) is 5. The number of allylic oxidation sites excluding steroid dienone is 2. The van der Waals surface area contributed by atoms with Gasteiger partial charge in [-0.15, -0.1) is 0 Å². The van der Waals surface area contributed by atoms with Crippen molar-refractivity contribution in [2.45, 2.75) is 43.5 Å². The number of rotatable bonds is 5. The smallest absolute Gasteiger partial charge is 0.465 e. The predicted molar refractivity (Wildman–Crippen MR) is 92.5 cm³/mol. The first-order valence-corrected chi connectivity index (χ1v) is 10.1.